The number of alkyl halides is 1. The fourth-order valence-corrected chi connectivity index (χ4v) is 2.84. The maximum atomic E-state index is 12.1. The summed E-state index contributed by atoms with van der Waals surface area (Å²) in [5, 5.41) is 0.00350. The van der Waals surface area contributed by atoms with E-state index in [1.54, 1.807) is 36.7 Å². The van der Waals surface area contributed by atoms with Crippen LogP contribution in [0.2, 0.25) is 0 Å². The zero-order valence-electron chi connectivity index (χ0n) is 10.6. The number of aromatic nitrogens is 2. The molecule has 2 aromatic rings. The van der Waals surface area contributed by atoms with E-state index >= 15 is 0 Å². The molecule has 0 unspecified atom stereocenters. The lowest BCUT2D eigenvalue weighted by molar-refractivity contribution is 0.598. The van der Waals surface area contributed by atoms with E-state index in [-0.39, 0.29) is 5.03 Å². The first-order valence-corrected chi connectivity index (χ1v) is 7.62. The van der Waals surface area contributed by atoms with Gasteiger partial charge in [0.25, 0.3) is 10.0 Å². The molecule has 0 spiro atoms. The number of benzene rings is 1. The highest BCUT2D eigenvalue weighted by Gasteiger charge is 2.18. The van der Waals surface area contributed by atoms with E-state index in [1.807, 2.05) is 6.07 Å². The molecule has 0 fully saturated rings. The van der Waals surface area contributed by atoms with Crippen LogP contribution in [-0.2, 0) is 23.0 Å². The lowest BCUT2D eigenvalue weighted by Gasteiger charge is -2.06. The van der Waals surface area contributed by atoms with Gasteiger partial charge in [-0.3, -0.25) is 4.72 Å². The van der Waals surface area contributed by atoms with Crippen LogP contribution in [0.3, 0.4) is 0 Å². The van der Waals surface area contributed by atoms with Crippen molar-refractivity contribution < 1.29 is 8.42 Å². The second kappa shape index (κ2) is 5.22. The Morgan fingerprint density at radius 2 is 2.16 bits per heavy atom. The third kappa shape index (κ3) is 3.08. The number of anilines is 1. The highest BCUT2D eigenvalue weighted by atomic mass is 35.5. The van der Waals surface area contributed by atoms with Crippen LogP contribution < -0.4 is 4.72 Å². The summed E-state index contributed by atoms with van der Waals surface area (Å²) in [6.45, 7) is 1.74. The minimum atomic E-state index is -3.67. The van der Waals surface area contributed by atoms with Crippen molar-refractivity contribution in [3.63, 3.8) is 0 Å². The maximum Gasteiger partial charge on any atom is 0.280 e. The molecule has 2 rings (SSSR count). The van der Waals surface area contributed by atoms with Gasteiger partial charge >= 0.3 is 0 Å². The summed E-state index contributed by atoms with van der Waals surface area (Å²) < 4.78 is 28.4. The Balaban J connectivity index is 2.30. The number of sulfonamides is 1. The summed E-state index contributed by atoms with van der Waals surface area (Å²) in [4.78, 5) is 4.01. The molecule has 0 saturated carbocycles. The van der Waals surface area contributed by atoms with Crippen molar-refractivity contribution in [2.75, 3.05) is 4.72 Å². The molecule has 7 heteroatoms. The first kappa shape index (κ1) is 13.9. The molecule has 1 N–H and O–H groups in total. The maximum absolute atomic E-state index is 12.1. The first-order valence-electron chi connectivity index (χ1n) is 5.60. The Hall–Kier alpha value is -1.53. The molecule has 5 nitrogen and oxygen atoms in total. The van der Waals surface area contributed by atoms with Crippen molar-refractivity contribution in [1.29, 1.82) is 0 Å². The summed E-state index contributed by atoms with van der Waals surface area (Å²) >= 11 is 5.72. The van der Waals surface area contributed by atoms with Crippen LogP contribution in [0.1, 0.15) is 11.4 Å². The summed E-state index contributed by atoms with van der Waals surface area (Å²) in [6, 6.07) is 6.94. The zero-order valence-corrected chi connectivity index (χ0v) is 12.2. The molecular weight excluding hydrogens is 286 g/mol. The van der Waals surface area contributed by atoms with E-state index < -0.39 is 10.0 Å². The Morgan fingerprint density at radius 3 is 2.74 bits per heavy atom. The van der Waals surface area contributed by atoms with Crippen LogP contribution in [0, 0.1) is 6.92 Å². The zero-order chi connectivity index (χ0) is 14.0. The summed E-state index contributed by atoms with van der Waals surface area (Å²) in [5.41, 5.74) is 1.32. The largest absolute Gasteiger partial charge is 0.337 e. The second-order valence-corrected chi connectivity index (χ2v) is 6.07. The Kier molecular flexibility index (Phi) is 3.82. The molecule has 0 amide bonds. The van der Waals surface area contributed by atoms with Crippen LogP contribution in [0.15, 0.2) is 35.5 Å². The Morgan fingerprint density at radius 1 is 1.42 bits per heavy atom. The van der Waals surface area contributed by atoms with Gasteiger partial charge in [-0.05, 0) is 24.6 Å². The number of nitrogens with zero attached hydrogens (tertiary/aromatic N) is 2. The van der Waals surface area contributed by atoms with Crippen molar-refractivity contribution in [3.8, 4) is 0 Å². The van der Waals surface area contributed by atoms with Crippen LogP contribution in [0.5, 0.6) is 0 Å². The minimum absolute atomic E-state index is 0.00350. The van der Waals surface area contributed by atoms with Gasteiger partial charge in [0.05, 0.1) is 0 Å². The predicted molar refractivity (Wildman–Crippen MR) is 74.8 cm³/mol. The second-order valence-electron chi connectivity index (χ2n) is 4.18. The lowest BCUT2D eigenvalue weighted by Crippen LogP contribution is -2.13. The van der Waals surface area contributed by atoms with Gasteiger partial charge in [-0.25, -0.2) is 4.98 Å². The number of halogens is 1. The molecule has 1 heterocycles. The molecule has 19 heavy (non-hydrogen) atoms. The average Bonchev–Trinajstić information content (AvgIpc) is 2.70. The van der Waals surface area contributed by atoms with Crippen LogP contribution in [-0.4, -0.2) is 18.0 Å². The van der Waals surface area contributed by atoms with Gasteiger partial charge in [0.1, 0.15) is 5.82 Å². The van der Waals surface area contributed by atoms with Crippen molar-refractivity contribution in [2.24, 2.45) is 7.05 Å². The fourth-order valence-electron chi connectivity index (χ4n) is 1.58. The molecule has 0 radical (unpaired) electrons. The van der Waals surface area contributed by atoms with Gasteiger partial charge in [-0.15, -0.1) is 11.6 Å². The van der Waals surface area contributed by atoms with Crippen LogP contribution >= 0.6 is 11.6 Å². The number of rotatable bonds is 4. The van der Waals surface area contributed by atoms with E-state index in [9.17, 15) is 8.42 Å². The molecule has 102 valence electrons. The fraction of sp³-hybridized carbons (Fsp3) is 0.250. The standard InChI is InChI=1S/C12H14ClN3O2S/c1-9-14-12(8-16(9)2)19(17,18)15-11-5-3-4-10(6-11)7-13/h3-6,8,15H,7H2,1-2H3. The Labute approximate surface area is 117 Å². The normalized spacial score (nSPS) is 11.5. The highest BCUT2D eigenvalue weighted by Crippen LogP contribution is 2.17. The topological polar surface area (TPSA) is 64.0 Å². The number of hydrogen-bond acceptors (Lipinski definition) is 3. The van der Waals surface area contributed by atoms with Gasteiger partial charge in [-0.2, -0.15) is 8.42 Å². The van der Waals surface area contributed by atoms with Gasteiger partial charge in [0, 0.05) is 24.8 Å². The van der Waals surface area contributed by atoms with E-state index in [1.165, 1.54) is 6.20 Å². The molecule has 0 bridgehead atoms. The number of aryl methyl sites for hydroxylation is 2. The SMILES string of the molecule is Cc1nc(S(=O)(=O)Nc2cccc(CCl)c2)cn1C. The number of imidazole rings is 1. The molecule has 0 aliphatic heterocycles. The molecule has 0 aliphatic carbocycles. The summed E-state index contributed by atoms with van der Waals surface area (Å²) in [7, 11) is -1.92. The predicted octanol–water partition coefficient (Wildman–Crippen LogP) is 2.27. The van der Waals surface area contributed by atoms with E-state index in [2.05, 4.69) is 9.71 Å². The third-order valence-electron chi connectivity index (χ3n) is 2.70. The monoisotopic (exact) mass is 299 g/mol. The molecule has 0 aliphatic rings. The summed E-state index contributed by atoms with van der Waals surface area (Å²) in [6.07, 6.45) is 1.48. The first-order chi connectivity index (χ1) is 8.92. The van der Waals surface area contributed by atoms with Crippen molar-refractivity contribution in [1.82, 2.24) is 9.55 Å². The molecule has 0 saturated heterocycles. The smallest absolute Gasteiger partial charge is 0.280 e. The quantitative estimate of drug-likeness (QED) is 0.881. The van der Waals surface area contributed by atoms with Gasteiger partial charge in [-0.1, -0.05) is 12.1 Å². The average molecular weight is 300 g/mol. The van der Waals surface area contributed by atoms with Crippen molar-refractivity contribution >= 4 is 27.3 Å². The Bertz CT molecular complexity index is 675. The molecule has 1 aromatic heterocycles. The highest BCUT2D eigenvalue weighted by molar-refractivity contribution is 7.92. The van der Waals surface area contributed by atoms with E-state index in [4.69, 9.17) is 11.6 Å². The van der Waals surface area contributed by atoms with Crippen LogP contribution in [0.4, 0.5) is 5.69 Å². The molecule has 1 aromatic carbocycles. The third-order valence-corrected chi connectivity index (χ3v) is 4.26. The molecular formula is C12H14ClN3O2S. The number of hydrogen-bond donors (Lipinski definition) is 1. The lowest BCUT2D eigenvalue weighted by atomic mass is 10.2. The van der Waals surface area contributed by atoms with Gasteiger partial charge < -0.3 is 4.57 Å². The minimum Gasteiger partial charge on any atom is -0.337 e. The van der Waals surface area contributed by atoms with Gasteiger partial charge in [0.15, 0.2) is 5.03 Å². The molecule has 0 atom stereocenters. The summed E-state index contributed by atoms with van der Waals surface area (Å²) in [5.74, 6) is 0.966. The van der Waals surface area contributed by atoms with Crippen molar-refractivity contribution in [3.05, 3.63) is 41.9 Å². The van der Waals surface area contributed by atoms with Crippen molar-refractivity contribution in [2.45, 2.75) is 17.8 Å². The van der Waals surface area contributed by atoms with Crippen LogP contribution in [0.25, 0.3) is 0 Å². The van der Waals surface area contributed by atoms with E-state index in [0.717, 1.165) is 5.56 Å². The van der Waals surface area contributed by atoms with Gasteiger partial charge in [0.2, 0.25) is 0 Å². The number of nitrogens with one attached hydrogen (secondary N) is 1. The van der Waals surface area contributed by atoms with E-state index in [0.29, 0.717) is 17.4 Å².